The highest BCUT2D eigenvalue weighted by Gasteiger charge is 2.37. The molecule has 0 radical (unpaired) electrons. The number of rotatable bonds is 3. The third kappa shape index (κ3) is 2.38. The quantitative estimate of drug-likeness (QED) is 0.885. The second-order valence-corrected chi connectivity index (χ2v) is 5.12. The number of nitrogens with zero attached hydrogens (tertiary/aromatic N) is 2. The largest absolute Gasteiger partial charge is 0.497 e. The third-order valence-corrected chi connectivity index (χ3v) is 3.79. The molecule has 0 amide bonds. The van der Waals surface area contributed by atoms with Gasteiger partial charge in [-0.3, -0.25) is 0 Å². The Hall–Kier alpha value is -2.34. The summed E-state index contributed by atoms with van der Waals surface area (Å²) in [6.45, 7) is 0.273. The molecule has 1 aliphatic rings. The number of pyridine rings is 1. The van der Waals surface area contributed by atoms with Crippen molar-refractivity contribution < 1.29 is 19.7 Å². The van der Waals surface area contributed by atoms with E-state index < -0.39 is 18.1 Å². The first-order chi connectivity index (χ1) is 10.1. The summed E-state index contributed by atoms with van der Waals surface area (Å²) in [5.74, 6) is 0.369. The normalized spacial score (nSPS) is 21.7. The number of carboxylic acids is 1. The summed E-state index contributed by atoms with van der Waals surface area (Å²) >= 11 is 0. The summed E-state index contributed by atoms with van der Waals surface area (Å²) in [5, 5.41) is 20.9. The van der Waals surface area contributed by atoms with Crippen molar-refractivity contribution >= 4 is 22.6 Å². The van der Waals surface area contributed by atoms with Crippen molar-refractivity contribution in [3.05, 3.63) is 30.5 Å². The average molecular weight is 288 g/mol. The number of hydrogen-bond acceptors (Lipinski definition) is 5. The maximum atomic E-state index is 11.4. The minimum atomic E-state index is -0.945. The van der Waals surface area contributed by atoms with Gasteiger partial charge in [0.25, 0.3) is 0 Å². The molecule has 6 heteroatoms. The van der Waals surface area contributed by atoms with Gasteiger partial charge >= 0.3 is 5.97 Å². The number of benzene rings is 1. The SMILES string of the molecule is COc1ccc2c(N3CC(O)CC3C(=O)O)nccc2c1. The Morgan fingerprint density at radius 3 is 2.95 bits per heavy atom. The van der Waals surface area contributed by atoms with Gasteiger partial charge in [-0.2, -0.15) is 0 Å². The molecule has 0 bridgehead atoms. The van der Waals surface area contributed by atoms with E-state index in [-0.39, 0.29) is 13.0 Å². The summed E-state index contributed by atoms with van der Waals surface area (Å²) in [7, 11) is 1.60. The van der Waals surface area contributed by atoms with Crippen LogP contribution in [0.5, 0.6) is 5.75 Å². The maximum Gasteiger partial charge on any atom is 0.326 e. The maximum absolute atomic E-state index is 11.4. The predicted molar refractivity (Wildman–Crippen MR) is 77.7 cm³/mol. The van der Waals surface area contributed by atoms with E-state index in [0.29, 0.717) is 5.82 Å². The molecule has 110 valence electrons. The zero-order chi connectivity index (χ0) is 15.0. The van der Waals surface area contributed by atoms with Crippen molar-refractivity contribution in [3.63, 3.8) is 0 Å². The Morgan fingerprint density at radius 2 is 2.24 bits per heavy atom. The number of methoxy groups -OCH3 is 1. The molecular weight excluding hydrogens is 272 g/mol. The highest BCUT2D eigenvalue weighted by atomic mass is 16.5. The van der Waals surface area contributed by atoms with Gasteiger partial charge in [-0.1, -0.05) is 0 Å². The van der Waals surface area contributed by atoms with Crippen LogP contribution in [-0.4, -0.2) is 47.0 Å². The molecule has 2 aromatic rings. The van der Waals surface area contributed by atoms with Crippen molar-refractivity contribution in [3.8, 4) is 5.75 Å². The van der Waals surface area contributed by atoms with Crippen LogP contribution in [-0.2, 0) is 4.79 Å². The Bertz CT molecular complexity index is 688. The molecule has 1 aromatic carbocycles. The van der Waals surface area contributed by atoms with E-state index in [1.54, 1.807) is 18.2 Å². The molecule has 0 aliphatic carbocycles. The number of anilines is 1. The first-order valence-corrected chi connectivity index (χ1v) is 6.70. The second-order valence-electron chi connectivity index (χ2n) is 5.12. The molecule has 1 aromatic heterocycles. The number of hydrogen-bond donors (Lipinski definition) is 2. The number of aliphatic carboxylic acids is 1. The number of ether oxygens (including phenoxy) is 1. The highest BCUT2D eigenvalue weighted by molar-refractivity contribution is 5.94. The molecule has 21 heavy (non-hydrogen) atoms. The van der Waals surface area contributed by atoms with Crippen LogP contribution in [0.1, 0.15) is 6.42 Å². The van der Waals surface area contributed by atoms with Crippen LogP contribution in [0.3, 0.4) is 0 Å². The molecule has 1 fully saturated rings. The molecule has 2 atom stereocenters. The number of aromatic nitrogens is 1. The third-order valence-electron chi connectivity index (χ3n) is 3.79. The van der Waals surface area contributed by atoms with Crippen LogP contribution < -0.4 is 9.64 Å². The number of fused-ring (bicyclic) bond motifs is 1. The van der Waals surface area contributed by atoms with Crippen molar-refractivity contribution in [2.45, 2.75) is 18.6 Å². The lowest BCUT2D eigenvalue weighted by atomic mass is 10.1. The molecule has 0 spiro atoms. The van der Waals surface area contributed by atoms with Crippen molar-refractivity contribution in [1.29, 1.82) is 0 Å². The van der Waals surface area contributed by atoms with Crippen LogP contribution in [0.15, 0.2) is 30.5 Å². The number of aliphatic hydroxyl groups excluding tert-OH is 1. The van der Waals surface area contributed by atoms with E-state index in [0.717, 1.165) is 16.5 Å². The fraction of sp³-hybridized carbons (Fsp3) is 0.333. The van der Waals surface area contributed by atoms with E-state index in [4.69, 9.17) is 4.74 Å². The minimum absolute atomic E-state index is 0.212. The van der Waals surface area contributed by atoms with Crippen LogP contribution in [0.25, 0.3) is 10.8 Å². The Labute approximate surface area is 121 Å². The smallest absolute Gasteiger partial charge is 0.326 e. The standard InChI is InChI=1S/C15H16N2O4/c1-21-11-2-3-12-9(6-11)4-5-16-14(12)17-8-10(18)7-13(17)15(19)20/h2-6,10,13,18H,7-8H2,1H3,(H,19,20). The fourth-order valence-electron chi connectivity index (χ4n) is 2.78. The summed E-state index contributed by atoms with van der Waals surface area (Å²) in [6, 6.07) is 6.66. The Balaban J connectivity index is 2.09. The molecule has 0 saturated carbocycles. The van der Waals surface area contributed by atoms with E-state index in [9.17, 15) is 15.0 Å². The molecule has 2 heterocycles. The Morgan fingerprint density at radius 1 is 1.43 bits per heavy atom. The van der Waals surface area contributed by atoms with Gasteiger partial charge in [-0.05, 0) is 29.7 Å². The first-order valence-electron chi connectivity index (χ1n) is 6.70. The van der Waals surface area contributed by atoms with Crippen molar-refractivity contribution in [2.24, 2.45) is 0 Å². The summed E-state index contributed by atoms with van der Waals surface area (Å²) in [6.07, 6.45) is 1.20. The van der Waals surface area contributed by atoms with Crippen LogP contribution >= 0.6 is 0 Å². The van der Waals surface area contributed by atoms with Crippen LogP contribution in [0.4, 0.5) is 5.82 Å². The Kier molecular flexibility index (Phi) is 3.39. The van der Waals surface area contributed by atoms with Gasteiger partial charge in [0.1, 0.15) is 17.6 Å². The van der Waals surface area contributed by atoms with Gasteiger partial charge in [-0.15, -0.1) is 0 Å². The molecule has 2 unspecified atom stereocenters. The van der Waals surface area contributed by atoms with E-state index in [1.165, 1.54) is 0 Å². The summed E-state index contributed by atoms with van der Waals surface area (Å²) < 4.78 is 5.20. The number of carbonyl (C=O) groups is 1. The van der Waals surface area contributed by atoms with Crippen LogP contribution in [0.2, 0.25) is 0 Å². The number of carboxylic acid groups (broad SMARTS) is 1. The lowest BCUT2D eigenvalue weighted by Crippen LogP contribution is -2.36. The predicted octanol–water partition coefficient (Wildman–Crippen LogP) is 1.27. The second kappa shape index (κ2) is 5.21. The van der Waals surface area contributed by atoms with Crippen molar-refractivity contribution in [1.82, 2.24) is 4.98 Å². The summed E-state index contributed by atoms with van der Waals surface area (Å²) in [5.41, 5.74) is 0. The fourth-order valence-corrected chi connectivity index (χ4v) is 2.78. The lowest BCUT2D eigenvalue weighted by molar-refractivity contribution is -0.138. The highest BCUT2D eigenvalue weighted by Crippen LogP contribution is 2.32. The molecule has 1 aliphatic heterocycles. The van der Waals surface area contributed by atoms with Gasteiger partial charge in [0.15, 0.2) is 0 Å². The van der Waals surface area contributed by atoms with E-state index in [2.05, 4.69) is 4.98 Å². The zero-order valence-corrected chi connectivity index (χ0v) is 11.6. The zero-order valence-electron chi connectivity index (χ0n) is 11.6. The van der Waals surface area contributed by atoms with Gasteiger partial charge in [0.05, 0.1) is 13.2 Å². The summed E-state index contributed by atoms with van der Waals surface area (Å²) in [4.78, 5) is 17.3. The average Bonchev–Trinajstić information content (AvgIpc) is 2.88. The molecule has 6 nitrogen and oxygen atoms in total. The van der Waals surface area contributed by atoms with Gasteiger partial charge in [0, 0.05) is 24.5 Å². The number of aliphatic hydroxyl groups is 1. The van der Waals surface area contributed by atoms with E-state index >= 15 is 0 Å². The van der Waals surface area contributed by atoms with Gasteiger partial charge < -0.3 is 19.8 Å². The monoisotopic (exact) mass is 288 g/mol. The number of β-amino-alcohol motifs (C(OH)–C–C–N with tert-alkyl or cyclic N) is 1. The molecule has 3 rings (SSSR count). The lowest BCUT2D eigenvalue weighted by Gasteiger charge is -2.23. The molecular formula is C15H16N2O4. The van der Waals surface area contributed by atoms with Gasteiger partial charge in [0.2, 0.25) is 0 Å². The molecule has 1 saturated heterocycles. The van der Waals surface area contributed by atoms with Crippen LogP contribution in [0, 0.1) is 0 Å². The molecule has 2 N–H and O–H groups in total. The van der Waals surface area contributed by atoms with E-state index in [1.807, 2.05) is 24.3 Å². The van der Waals surface area contributed by atoms with Crippen molar-refractivity contribution in [2.75, 3.05) is 18.6 Å². The first kappa shape index (κ1) is 13.6. The minimum Gasteiger partial charge on any atom is -0.497 e. The van der Waals surface area contributed by atoms with Gasteiger partial charge in [-0.25, -0.2) is 9.78 Å². The topological polar surface area (TPSA) is 82.9 Å².